The van der Waals surface area contributed by atoms with E-state index >= 15 is 0 Å². The van der Waals surface area contributed by atoms with Gasteiger partial charge in [-0.3, -0.25) is 9.59 Å². The van der Waals surface area contributed by atoms with E-state index in [4.69, 9.17) is 14.2 Å². The molecule has 1 aliphatic rings. The highest BCUT2D eigenvalue weighted by Crippen LogP contribution is 2.42. The minimum Gasteiger partial charge on any atom is -0.490 e. The van der Waals surface area contributed by atoms with Gasteiger partial charge >= 0.3 is 5.97 Å². The summed E-state index contributed by atoms with van der Waals surface area (Å²) in [6, 6.07) is 19.6. The van der Waals surface area contributed by atoms with E-state index in [9.17, 15) is 14.4 Å². The average molecular weight is 528 g/mol. The number of amides is 1. The Morgan fingerprint density at radius 1 is 1.00 bits per heavy atom. The summed E-state index contributed by atoms with van der Waals surface area (Å²) in [6.45, 7) is 4.22. The van der Waals surface area contributed by atoms with Gasteiger partial charge in [-0.1, -0.05) is 31.2 Å². The molecule has 5 rings (SSSR count). The summed E-state index contributed by atoms with van der Waals surface area (Å²) < 4.78 is 19.8. The van der Waals surface area contributed by atoms with Crippen molar-refractivity contribution >= 4 is 17.6 Å². The van der Waals surface area contributed by atoms with Gasteiger partial charge in [-0.15, -0.1) is 0 Å². The third kappa shape index (κ3) is 5.03. The van der Waals surface area contributed by atoms with Crippen molar-refractivity contribution in [2.45, 2.75) is 33.2 Å². The molecule has 0 aliphatic carbocycles. The third-order valence-corrected chi connectivity index (χ3v) is 6.58. The molecule has 3 aromatic carbocycles. The predicted octanol–water partition coefficient (Wildman–Crippen LogP) is 4.72. The van der Waals surface area contributed by atoms with E-state index in [1.165, 1.54) is 11.8 Å². The highest BCUT2D eigenvalue weighted by molar-refractivity contribution is 5.93. The second kappa shape index (κ2) is 10.9. The number of carbonyl (C=O) groups is 2. The summed E-state index contributed by atoms with van der Waals surface area (Å²) in [5.41, 5.74) is 3.68. The summed E-state index contributed by atoms with van der Waals surface area (Å²) in [4.78, 5) is 38.7. The molecule has 1 N–H and O–H groups in total. The molecule has 1 aromatic heterocycles. The molecule has 0 saturated carbocycles. The van der Waals surface area contributed by atoms with Crippen LogP contribution in [-0.2, 0) is 28.9 Å². The van der Waals surface area contributed by atoms with Crippen LogP contribution in [0.2, 0.25) is 0 Å². The van der Waals surface area contributed by atoms with Crippen molar-refractivity contribution in [3.05, 3.63) is 99.3 Å². The molecule has 1 aliphatic heterocycles. The number of ether oxygens (including phenoxy) is 3. The minimum absolute atomic E-state index is 0.189. The van der Waals surface area contributed by atoms with E-state index in [1.807, 2.05) is 49.4 Å². The van der Waals surface area contributed by atoms with E-state index in [2.05, 4.69) is 12.2 Å². The number of aryl methyl sites for hydroxylation is 1. The van der Waals surface area contributed by atoms with Crippen molar-refractivity contribution in [1.82, 2.24) is 9.36 Å². The van der Waals surface area contributed by atoms with Gasteiger partial charge in [0.25, 0.3) is 5.56 Å². The zero-order valence-corrected chi connectivity index (χ0v) is 22.0. The number of nitrogens with one attached hydrogen (secondary N) is 1. The monoisotopic (exact) mass is 527 g/mol. The number of rotatable bonds is 8. The fourth-order valence-electron chi connectivity index (χ4n) is 4.63. The van der Waals surface area contributed by atoms with Crippen LogP contribution in [0.4, 0.5) is 5.69 Å². The van der Waals surface area contributed by atoms with Gasteiger partial charge in [0.2, 0.25) is 11.8 Å². The lowest BCUT2D eigenvalue weighted by atomic mass is 10.0. The number of aromatic nitrogens is 2. The van der Waals surface area contributed by atoms with Crippen LogP contribution in [0.3, 0.4) is 0 Å². The van der Waals surface area contributed by atoms with Crippen molar-refractivity contribution in [3.8, 4) is 23.1 Å². The van der Waals surface area contributed by atoms with Crippen LogP contribution in [0.25, 0.3) is 5.69 Å². The summed E-state index contributed by atoms with van der Waals surface area (Å²) in [5.74, 6) is 0.585. The third-order valence-electron chi connectivity index (χ3n) is 6.58. The van der Waals surface area contributed by atoms with Crippen molar-refractivity contribution in [1.29, 1.82) is 0 Å². The Hall–Kier alpha value is -4.79. The van der Waals surface area contributed by atoms with E-state index in [0.29, 0.717) is 52.9 Å². The Balaban J connectivity index is 1.53. The van der Waals surface area contributed by atoms with Crippen LogP contribution < -0.4 is 20.3 Å². The number of anilines is 1. The topological polar surface area (TPSA) is 101 Å². The second-order valence-electron chi connectivity index (χ2n) is 9.05. The maximum Gasteiger partial charge on any atom is 0.337 e. The van der Waals surface area contributed by atoms with Gasteiger partial charge < -0.3 is 19.5 Å². The van der Waals surface area contributed by atoms with Gasteiger partial charge in [-0.2, -0.15) is 0 Å². The number of benzene rings is 3. The number of nitrogens with zero attached hydrogens (tertiary/aromatic N) is 2. The molecule has 0 saturated heterocycles. The summed E-state index contributed by atoms with van der Waals surface area (Å²) >= 11 is 0. The van der Waals surface area contributed by atoms with Crippen molar-refractivity contribution in [3.63, 3.8) is 0 Å². The van der Waals surface area contributed by atoms with Gasteiger partial charge in [-0.25, -0.2) is 14.2 Å². The highest BCUT2D eigenvalue weighted by atomic mass is 16.5. The van der Waals surface area contributed by atoms with E-state index in [0.717, 1.165) is 17.5 Å². The lowest BCUT2D eigenvalue weighted by molar-refractivity contribution is -0.117. The van der Waals surface area contributed by atoms with Gasteiger partial charge in [0.05, 0.1) is 30.5 Å². The lowest BCUT2D eigenvalue weighted by Crippen LogP contribution is -2.27. The second-order valence-corrected chi connectivity index (χ2v) is 9.05. The van der Waals surface area contributed by atoms with Gasteiger partial charge in [0, 0.05) is 17.7 Å². The first-order valence-corrected chi connectivity index (χ1v) is 12.8. The molecule has 1 amide bonds. The Kier molecular flexibility index (Phi) is 7.23. The first-order chi connectivity index (χ1) is 18.9. The van der Waals surface area contributed by atoms with Crippen LogP contribution in [0.15, 0.2) is 71.5 Å². The number of carbonyl (C=O) groups excluding carboxylic acids is 2. The van der Waals surface area contributed by atoms with E-state index in [-0.39, 0.29) is 18.0 Å². The summed E-state index contributed by atoms with van der Waals surface area (Å²) in [7, 11) is 1.31. The molecule has 0 fully saturated rings. The first kappa shape index (κ1) is 25.8. The van der Waals surface area contributed by atoms with E-state index < -0.39 is 5.97 Å². The Bertz CT molecular complexity index is 1580. The maximum atomic E-state index is 13.7. The molecule has 0 radical (unpaired) electrons. The van der Waals surface area contributed by atoms with Gasteiger partial charge in [0.15, 0.2) is 11.5 Å². The minimum atomic E-state index is -0.464. The number of esters is 1. The average Bonchev–Trinajstić information content (AvgIpc) is 3.22. The molecular weight excluding hydrogens is 498 g/mol. The van der Waals surface area contributed by atoms with Crippen molar-refractivity contribution in [2.75, 3.05) is 19.0 Å². The fraction of sp³-hybridized carbons (Fsp3) is 0.233. The first-order valence-electron chi connectivity index (χ1n) is 12.8. The zero-order valence-electron chi connectivity index (χ0n) is 22.0. The zero-order chi connectivity index (χ0) is 27.5. The molecule has 200 valence electrons. The standard InChI is InChI=1S/C30H29N3O6/c1-4-19-9-15-23(16-10-19)33-28(35)24-17-21-7-6-8-25(38-5-2)27(21)39-29(24)32(33)18-26(34)31-22-13-11-20(12-14-22)30(36)37-3/h6-16H,4-5,17-18H2,1-3H3,(H,31,34). The van der Waals surface area contributed by atoms with Crippen LogP contribution in [-0.4, -0.2) is 35.0 Å². The molecule has 0 atom stereocenters. The van der Waals surface area contributed by atoms with E-state index in [1.54, 1.807) is 28.9 Å². The lowest BCUT2D eigenvalue weighted by Gasteiger charge is -2.21. The highest BCUT2D eigenvalue weighted by Gasteiger charge is 2.31. The van der Waals surface area contributed by atoms with Crippen LogP contribution >= 0.6 is 0 Å². The molecule has 4 aromatic rings. The Morgan fingerprint density at radius 3 is 2.41 bits per heavy atom. The normalized spacial score (nSPS) is 11.7. The number of methoxy groups -OCH3 is 1. The molecule has 0 bridgehead atoms. The quantitative estimate of drug-likeness (QED) is 0.293. The molecule has 9 heteroatoms. The van der Waals surface area contributed by atoms with Crippen molar-refractivity contribution in [2.24, 2.45) is 0 Å². The van der Waals surface area contributed by atoms with Gasteiger partial charge in [0.1, 0.15) is 6.54 Å². The molecule has 0 spiro atoms. The maximum absolute atomic E-state index is 13.7. The summed E-state index contributed by atoms with van der Waals surface area (Å²) in [6.07, 6.45) is 1.21. The van der Waals surface area contributed by atoms with Crippen LogP contribution in [0.1, 0.15) is 40.9 Å². The number of para-hydroxylation sites is 1. The molecule has 9 nitrogen and oxygen atoms in total. The van der Waals surface area contributed by atoms with Gasteiger partial charge in [-0.05, 0) is 61.4 Å². The van der Waals surface area contributed by atoms with Crippen LogP contribution in [0, 0.1) is 0 Å². The Morgan fingerprint density at radius 2 is 1.74 bits per heavy atom. The van der Waals surface area contributed by atoms with Crippen LogP contribution in [0.5, 0.6) is 17.4 Å². The summed E-state index contributed by atoms with van der Waals surface area (Å²) in [5, 5.41) is 2.83. The Labute approximate surface area is 225 Å². The number of hydrogen-bond donors (Lipinski definition) is 1. The fourth-order valence-corrected chi connectivity index (χ4v) is 4.63. The molecule has 2 heterocycles. The smallest absolute Gasteiger partial charge is 0.337 e. The number of hydrogen-bond acceptors (Lipinski definition) is 6. The molecule has 0 unspecified atom stereocenters. The van der Waals surface area contributed by atoms with Crippen molar-refractivity contribution < 1.29 is 23.8 Å². The SMILES string of the molecule is CCOc1cccc2c1Oc1c(c(=O)n(-c3ccc(CC)cc3)n1CC(=O)Nc1ccc(C(=O)OC)cc1)C2. The largest absolute Gasteiger partial charge is 0.490 e. The molecular formula is C30H29N3O6. The molecule has 39 heavy (non-hydrogen) atoms. The predicted molar refractivity (Wildman–Crippen MR) is 146 cm³/mol. The number of fused-ring (bicyclic) bond motifs is 2.